The first-order chi connectivity index (χ1) is 9.56. The van der Waals surface area contributed by atoms with E-state index in [0.29, 0.717) is 18.5 Å². The number of aromatic nitrogens is 2. The van der Waals surface area contributed by atoms with Crippen molar-refractivity contribution in [2.75, 3.05) is 17.7 Å². The molecule has 2 aromatic rings. The minimum Gasteiger partial charge on any atom is -0.397 e. The second-order valence-electron chi connectivity index (χ2n) is 5.03. The summed E-state index contributed by atoms with van der Waals surface area (Å²) in [6.07, 6.45) is 2.91. The Kier molecular flexibility index (Phi) is 2.89. The summed E-state index contributed by atoms with van der Waals surface area (Å²) in [7, 11) is 1.76. The predicted molar refractivity (Wildman–Crippen MR) is 78.3 cm³/mol. The number of nitrogens with zero attached hydrogens (tertiary/aromatic N) is 3. The van der Waals surface area contributed by atoms with Crippen LogP contribution in [-0.4, -0.2) is 22.9 Å². The molecule has 0 bridgehead atoms. The first-order valence-corrected chi connectivity index (χ1v) is 6.55. The number of aryl methyl sites for hydroxylation is 2. The fraction of sp³-hybridized carbons (Fsp3) is 0.267. The Bertz CT molecular complexity index is 696. The van der Waals surface area contributed by atoms with Gasteiger partial charge in [-0.1, -0.05) is 0 Å². The molecule has 2 aromatic heterocycles. The largest absolute Gasteiger partial charge is 0.397 e. The van der Waals surface area contributed by atoms with Crippen molar-refractivity contribution in [1.82, 2.24) is 9.97 Å². The van der Waals surface area contributed by atoms with Crippen LogP contribution in [0.25, 0.3) is 11.3 Å². The molecule has 102 valence electrons. The minimum absolute atomic E-state index is 0.103. The maximum atomic E-state index is 11.7. The molecule has 0 fully saturated rings. The zero-order valence-electron chi connectivity index (χ0n) is 11.6. The molecule has 0 saturated heterocycles. The zero-order valence-corrected chi connectivity index (χ0v) is 11.6. The van der Waals surface area contributed by atoms with Gasteiger partial charge in [-0.2, -0.15) is 0 Å². The third-order valence-corrected chi connectivity index (χ3v) is 3.59. The van der Waals surface area contributed by atoms with Crippen LogP contribution in [0.15, 0.2) is 24.4 Å². The molecule has 0 aromatic carbocycles. The Morgan fingerprint density at radius 1 is 1.30 bits per heavy atom. The standard InChI is InChI=1S/C15H16N4O/c1-9-7-10(5-6-17-9)15-11(16)8-13-12(18-15)3-4-14(20)19(13)2/h5-8H,3-4,16H2,1-2H3. The van der Waals surface area contributed by atoms with Crippen molar-refractivity contribution in [2.24, 2.45) is 0 Å². The fourth-order valence-corrected chi connectivity index (χ4v) is 2.48. The molecule has 0 spiro atoms. The molecule has 5 nitrogen and oxygen atoms in total. The normalized spacial score (nSPS) is 14.3. The summed E-state index contributed by atoms with van der Waals surface area (Å²) in [6, 6.07) is 5.70. The molecular formula is C15H16N4O. The van der Waals surface area contributed by atoms with Gasteiger partial charge in [-0.15, -0.1) is 0 Å². The van der Waals surface area contributed by atoms with Crippen LogP contribution < -0.4 is 10.6 Å². The molecule has 1 aliphatic heterocycles. The van der Waals surface area contributed by atoms with E-state index in [9.17, 15) is 4.79 Å². The summed E-state index contributed by atoms with van der Waals surface area (Å²) < 4.78 is 0. The number of carbonyl (C=O) groups is 1. The van der Waals surface area contributed by atoms with Gasteiger partial charge in [0.15, 0.2) is 0 Å². The number of nitrogen functional groups attached to an aromatic ring is 1. The second-order valence-corrected chi connectivity index (χ2v) is 5.03. The number of anilines is 2. The van der Waals surface area contributed by atoms with Crippen LogP contribution in [-0.2, 0) is 11.2 Å². The van der Waals surface area contributed by atoms with Crippen LogP contribution in [0.4, 0.5) is 11.4 Å². The third kappa shape index (κ3) is 2.01. The van der Waals surface area contributed by atoms with Crippen molar-refractivity contribution in [1.29, 1.82) is 0 Å². The number of pyridine rings is 2. The summed E-state index contributed by atoms with van der Waals surface area (Å²) in [6.45, 7) is 1.94. The average Bonchev–Trinajstić information content (AvgIpc) is 2.43. The second kappa shape index (κ2) is 4.59. The molecule has 0 aliphatic carbocycles. The van der Waals surface area contributed by atoms with E-state index in [1.807, 2.05) is 25.1 Å². The highest BCUT2D eigenvalue weighted by Crippen LogP contribution is 2.33. The van der Waals surface area contributed by atoms with E-state index >= 15 is 0 Å². The van der Waals surface area contributed by atoms with E-state index in [1.165, 1.54) is 0 Å². The van der Waals surface area contributed by atoms with Gasteiger partial charge >= 0.3 is 0 Å². The van der Waals surface area contributed by atoms with E-state index in [1.54, 1.807) is 18.1 Å². The highest BCUT2D eigenvalue weighted by atomic mass is 16.2. The molecule has 20 heavy (non-hydrogen) atoms. The van der Waals surface area contributed by atoms with Crippen LogP contribution in [0.1, 0.15) is 17.8 Å². The lowest BCUT2D eigenvalue weighted by atomic mass is 10.0. The molecule has 0 radical (unpaired) electrons. The molecule has 0 saturated carbocycles. The van der Waals surface area contributed by atoms with Crippen LogP contribution >= 0.6 is 0 Å². The van der Waals surface area contributed by atoms with Crippen LogP contribution in [0.5, 0.6) is 0 Å². The molecule has 5 heteroatoms. The molecular weight excluding hydrogens is 252 g/mol. The van der Waals surface area contributed by atoms with E-state index in [-0.39, 0.29) is 5.91 Å². The highest BCUT2D eigenvalue weighted by Gasteiger charge is 2.23. The van der Waals surface area contributed by atoms with Crippen LogP contribution in [0.3, 0.4) is 0 Å². The van der Waals surface area contributed by atoms with Gasteiger partial charge in [0, 0.05) is 37.3 Å². The minimum atomic E-state index is 0.103. The summed E-state index contributed by atoms with van der Waals surface area (Å²) in [5, 5.41) is 0. The van der Waals surface area contributed by atoms with E-state index in [2.05, 4.69) is 9.97 Å². The van der Waals surface area contributed by atoms with E-state index in [4.69, 9.17) is 5.73 Å². The lowest BCUT2D eigenvalue weighted by Crippen LogP contribution is -2.31. The van der Waals surface area contributed by atoms with Crippen LogP contribution in [0.2, 0.25) is 0 Å². The summed E-state index contributed by atoms with van der Waals surface area (Å²) in [5.74, 6) is 0.103. The lowest BCUT2D eigenvalue weighted by Gasteiger charge is -2.26. The van der Waals surface area contributed by atoms with Crippen molar-refractivity contribution < 1.29 is 4.79 Å². The van der Waals surface area contributed by atoms with Crippen molar-refractivity contribution in [3.05, 3.63) is 35.8 Å². The van der Waals surface area contributed by atoms with Gasteiger partial charge < -0.3 is 10.6 Å². The van der Waals surface area contributed by atoms with Crippen molar-refractivity contribution in [3.8, 4) is 11.3 Å². The summed E-state index contributed by atoms with van der Waals surface area (Å²) in [5.41, 5.74) is 11.1. The van der Waals surface area contributed by atoms with Gasteiger partial charge in [0.05, 0.1) is 22.8 Å². The molecule has 0 atom stereocenters. The highest BCUT2D eigenvalue weighted by molar-refractivity contribution is 5.96. The SMILES string of the molecule is Cc1cc(-c2nc3c(cc2N)N(C)C(=O)CC3)ccn1. The molecule has 1 amide bonds. The number of hydrogen-bond acceptors (Lipinski definition) is 4. The van der Waals surface area contributed by atoms with Crippen LogP contribution in [0, 0.1) is 6.92 Å². The zero-order chi connectivity index (χ0) is 14.3. The maximum absolute atomic E-state index is 11.7. The Morgan fingerprint density at radius 3 is 2.85 bits per heavy atom. The molecule has 1 aliphatic rings. The van der Waals surface area contributed by atoms with Gasteiger partial charge in [0.2, 0.25) is 5.91 Å². The van der Waals surface area contributed by atoms with Crippen molar-refractivity contribution in [2.45, 2.75) is 19.8 Å². The number of carbonyl (C=O) groups excluding carboxylic acids is 1. The topological polar surface area (TPSA) is 72.1 Å². The van der Waals surface area contributed by atoms with Gasteiger partial charge in [-0.3, -0.25) is 9.78 Å². The van der Waals surface area contributed by atoms with Crippen molar-refractivity contribution >= 4 is 17.3 Å². The first kappa shape index (κ1) is 12.6. The predicted octanol–water partition coefficient (Wildman–Crippen LogP) is 1.94. The molecule has 2 N–H and O–H groups in total. The Morgan fingerprint density at radius 2 is 2.10 bits per heavy atom. The quantitative estimate of drug-likeness (QED) is 0.858. The smallest absolute Gasteiger partial charge is 0.227 e. The van der Waals surface area contributed by atoms with Gasteiger partial charge in [0.1, 0.15) is 0 Å². The summed E-state index contributed by atoms with van der Waals surface area (Å²) >= 11 is 0. The number of amides is 1. The molecule has 3 rings (SSSR count). The average molecular weight is 268 g/mol. The monoisotopic (exact) mass is 268 g/mol. The first-order valence-electron chi connectivity index (χ1n) is 6.55. The number of fused-ring (bicyclic) bond motifs is 1. The summed E-state index contributed by atoms with van der Waals surface area (Å²) in [4.78, 5) is 22.2. The fourth-order valence-electron chi connectivity index (χ4n) is 2.48. The van der Waals surface area contributed by atoms with Gasteiger partial charge in [0.25, 0.3) is 0 Å². The Hall–Kier alpha value is -2.43. The van der Waals surface area contributed by atoms with Gasteiger partial charge in [-0.05, 0) is 25.1 Å². The number of rotatable bonds is 1. The maximum Gasteiger partial charge on any atom is 0.227 e. The Labute approximate surface area is 117 Å². The Balaban J connectivity index is 2.13. The van der Waals surface area contributed by atoms with E-state index in [0.717, 1.165) is 28.3 Å². The number of nitrogens with two attached hydrogens (primary N) is 1. The molecule has 3 heterocycles. The number of hydrogen-bond donors (Lipinski definition) is 1. The lowest BCUT2D eigenvalue weighted by molar-refractivity contribution is -0.118. The van der Waals surface area contributed by atoms with Crippen molar-refractivity contribution in [3.63, 3.8) is 0 Å². The third-order valence-electron chi connectivity index (χ3n) is 3.59. The molecule has 0 unspecified atom stereocenters. The van der Waals surface area contributed by atoms with Gasteiger partial charge in [-0.25, -0.2) is 4.98 Å². The van der Waals surface area contributed by atoms with E-state index < -0.39 is 0 Å².